The Morgan fingerprint density at radius 1 is 1.60 bits per heavy atom. The van der Waals surface area contributed by atoms with E-state index in [0.29, 0.717) is 6.54 Å². The SMILES string of the molecule is CCNCC(C)C(=O)Nc1cccnc1. The second-order valence-corrected chi connectivity index (χ2v) is 3.44. The molecule has 0 aliphatic carbocycles. The van der Waals surface area contributed by atoms with Gasteiger partial charge < -0.3 is 10.6 Å². The lowest BCUT2D eigenvalue weighted by Gasteiger charge is -2.11. The molecule has 4 heteroatoms. The summed E-state index contributed by atoms with van der Waals surface area (Å²) in [6.45, 7) is 5.49. The first-order chi connectivity index (χ1) is 7.24. The smallest absolute Gasteiger partial charge is 0.228 e. The Hall–Kier alpha value is -1.42. The van der Waals surface area contributed by atoms with Crippen LogP contribution in [0, 0.1) is 5.92 Å². The van der Waals surface area contributed by atoms with Gasteiger partial charge in [0.15, 0.2) is 0 Å². The van der Waals surface area contributed by atoms with Gasteiger partial charge in [-0.25, -0.2) is 0 Å². The minimum absolute atomic E-state index is 0.0175. The molecule has 0 bridgehead atoms. The van der Waals surface area contributed by atoms with E-state index in [1.165, 1.54) is 0 Å². The van der Waals surface area contributed by atoms with Gasteiger partial charge in [0.25, 0.3) is 0 Å². The van der Waals surface area contributed by atoms with Gasteiger partial charge >= 0.3 is 0 Å². The highest BCUT2D eigenvalue weighted by atomic mass is 16.1. The number of aromatic nitrogens is 1. The zero-order valence-corrected chi connectivity index (χ0v) is 9.16. The Bertz CT molecular complexity index is 300. The molecule has 1 aromatic heterocycles. The maximum absolute atomic E-state index is 11.6. The van der Waals surface area contributed by atoms with Crippen molar-refractivity contribution in [2.45, 2.75) is 13.8 Å². The first kappa shape index (κ1) is 11.7. The van der Waals surface area contributed by atoms with Crippen molar-refractivity contribution >= 4 is 11.6 Å². The van der Waals surface area contributed by atoms with Crippen LogP contribution in [-0.2, 0) is 4.79 Å². The fourth-order valence-electron chi connectivity index (χ4n) is 1.16. The number of hydrogen-bond acceptors (Lipinski definition) is 3. The second-order valence-electron chi connectivity index (χ2n) is 3.44. The molecule has 0 aliphatic heterocycles. The molecule has 15 heavy (non-hydrogen) atoms. The summed E-state index contributed by atoms with van der Waals surface area (Å²) in [5, 5.41) is 5.95. The molecular formula is C11H17N3O. The Balaban J connectivity index is 2.42. The van der Waals surface area contributed by atoms with E-state index in [1.54, 1.807) is 18.5 Å². The third-order valence-corrected chi connectivity index (χ3v) is 2.08. The Kier molecular flexibility index (Phi) is 4.77. The van der Waals surface area contributed by atoms with Crippen LogP contribution in [0.2, 0.25) is 0 Å². The van der Waals surface area contributed by atoms with Crippen LogP contribution in [0.25, 0.3) is 0 Å². The first-order valence-electron chi connectivity index (χ1n) is 5.15. The lowest BCUT2D eigenvalue weighted by Crippen LogP contribution is -2.30. The molecule has 2 N–H and O–H groups in total. The molecule has 1 aromatic rings. The maximum Gasteiger partial charge on any atom is 0.228 e. The first-order valence-corrected chi connectivity index (χ1v) is 5.15. The second kappa shape index (κ2) is 6.14. The van der Waals surface area contributed by atoms with Crippen LogP contribution in [0.3, 0.4) is 0 Å². The molecule has 4 nitrogen and oxygen atoms in total. The molecule has 1 atom stereocenters. The van der Waals surface area contributed by atoms with Crippen LogP contribution in [0.15, 0.2) is 24.5 Å². The molecular weight excluding hydrogens is 190 g/mol. The summed E-state index contributed by atoms with van der Waals surface area (Å²) in [7, 11) is 0. The van der Waals surface area contributed by atoms with Crippen LogP contribution in [0.1, 0.15) is 13.8 Å². The summed E-state index contributed by atoms with van der Waals surface area (Å²) in [4.78, 5) is 15.6. The molecule has 0 saturated heterocycles. The summed E-state index contributed by atoms with van der Waals surface area (Å²) in [5.74, 6) is -0.0193. The molecule has 1 rings (SSSR count). The maximum atomic E-state index is 11.6. The van der Waals surface area contributed by atoms with Crippen molar-refractivity contribution in [2.75, 3.05) is 18.4 Å². The topological polar surface area (TPSA) is 54.0 Å². The number of anilines is 1. The summed E-state index contributed by atoms with van der Waals surface area (Å²) in [6, 6.07) is 3.62. The molecule has 0 aromatic carbocycles. The van der Waals surface area contributed by atoms with Crippen LogP contribution in [0.5, 0.6) is 0 Å². The normalized spacial score (nSPS) is 12.1. The van der Waals surface area contributed by atoms with Gasteiger partial charge in [-0.05, 0) is 18.7 Å². The molecule has 0 aliphatic rings. The van der Waals surface area contributed by atoms with Gasteiger partial charge in [0.1, 0.15) is 0 Å². The molecule has 1 heterocycles. The van der Waals surface area contributed by atoms with Crippen LogP contribution in [0.4, 0.5) is 5.69 Å². The lowest BCUT2D eigenvalue weighted by molar-refractivity contribution is -0.119. The number of nitrogens with one attached hydrogen (secondary N) is 2. The predicted octanol–water partition coefficient (Wildman–Crippen LogP) is 1.27. The molecule has 1 unspecified atom stereocenters. The highest BCUT2D eigenvalue weighted by molar-refractivity contribution is 5.92. The number of amides is 1. The average molecular weight is 207 g/mol. The summed E-state index contributed by atoms with van der Waals surface area (Å²) < 4.78 is 0. The molecule has 82 valence electrons. The zero-order valence-electron chi connectivity index (χ0n) is 9.16. The van der Waals surface area contributed by atoms with Crippen molar-refractivity contribution in [3.05, 3.63) is 24.5 Å². The van der Waals surface area contributed by atoms with E-state index in [9.17, 15) is 4.79 Å². The molecule has 0 saturated carbocycles. The lowest BCUT2D eigenvalue weighted by atomic mass is 10.1. The molecule has 0 fully saturated rings. The fraction of sp³-hybridized carbons (Fsp3) is 0.455. The van der Waals surface area contributed by atoms with E-state index in [-0.39, 0.29) is 11.8 Å². The Morgan fingerprint density at radius 2 is 2.40 bits per heavy atom. The number of carbonyl (C=O) groups excluding carboxylic acids is 1. The minimum Gasteiger partial charge on any atom is -0.324 e. The summed E-state index contributed by atoms with van der Waals surface area (Å²) >= 11 is 0. The number of hydrogen-bond donors (Lipinski definition) is 2. The van der Waals surface area contributed by atoms with Gasteiger partial charge in [0, 0.05) is 18.7 Å². The minimum atomic E-state index is -0.0369. The van der Waals surface area contributed by atoms with E-state index in [4.69, 9.17) is 0 Å². The molecule has 1 amide bonds. The Morgan fingerprint density at radius 3 is 3.00 bits per heavy atom. The average Bonchev–Trinajstić information content (AvgIpc) is 2.27. The number of rotatable bonds is 5. The van der Waals surface area contributed by atoms with E-state index in [2.05, 4.69) is 15.6 Å². The third kappa shape index (κ3) is 4.08. The van der Waals surface area contributed by atoms with Gasteiger partial charge in [0.2, 0.25) is 5.91 Å². The van der Waals surface area contributed by atoms with Crippen LogP contribution < -0.4 is 10.6 Å². The van der Waals surface area contributed by atoms with Crippen molar-refractivity contribution in [3.63, 3.8) is 0 Å². The van der Waals surface area contributed by atoms with Crippen molar-refractivity contribution in [1.82, 2.24) is 10.3 Å². The van der Waals surface area contributed by atoms with E-state index >= 15 is 0 Å². The van der Waals surface area contributed by atoms with Gasteiger partial charge in [-0.2, -0.15) is 0 Å². The summed E-state index contributed by atoms with van der Waals surface area (Å²) in [5.41, 5.74) is 0.742. The van der Waals surface area contributed by atoms with Gasteiger partial charge in [-0.1, -0.05) is 13.8 Å². The van der Waals surface area contributed by atoms with Crippen molar-refractivity contribution in [3.8, 4) is 0 Å². The highest BCUT2D eigenvalue weighted by Gasteiger charge is 2.11. The van der Waals surface area contributed by atoms with E-state index in [1.807, 2.05) is 19.9 Å². The van der Waals surface area contributed by atoms with E-state index < -0.39 is 0 Å². The van der Waals surface area contributed by atoms with Crippen molar-refractivity contribution < 1.29 is 4.79 Å². The van der Waals surface area contributed by atoms with Gasteiger partial charge in [-0.3, -0.25) is 9.78 Å². The Labute approximate surface area is 90.1 Å². The zero-order chi connectivity index (χ0) is 11.1. The van der Waals surface area contributed by atoms with Gasteiger partial charge in [0.05, 0.1) is 11.9 Å². The molecule has 0 radical (unpaired) electrons. The fourth-order valence-corrected chi connectivity index (χ4v) is 1.16. The van der Waals surface area contributed by atoms with E-state index in [0.717, 1.165) is 12.2 Å². The van der Waals surface area contributed by atoms with Crippen molar-refractivity contribution in [2.24, 2.45) is 5.92 Å². The standard InChI is InChI=1S/C11H17N3O/c1-3-12-7-9(2)11(15)14-10-5-4-6-13-8-10/h4-6,8-9,12H,3,7H2,1-2H3,(H,14,15). The number of carbonyl (C=O) groups is 1. The van der Waals surface area contributed by atoms with Gasteiger partial charge in [-0.15, -0.1) is 0 Å². The quantitative estimate of drug-likeness (QED) is 0.764. The third-order valence-electron chi connectivity index (χ3n) is 2.08. The summed E-state index contributed by atoms with van der Waals surface area (Å²) in [6.07, 6.45) is 3.32. The highest BCUT2D eigenvalue weighted by Crippen LogP contribution is 2.05. The number of pyridine rings is 1. The molecule has 0 spiro atoms. The van der Waals surface area contributed by atoms with Crippen LogP contribution in [-0.4, -0.2) is 24.0 Å². The van der Waals surface area contributed by atoms with Crippen molar-refractivity contribution in [1.29, 1.82) is 0 Å². The monoisotopic (exact) mass is 207 g/mol. The predicted molar refractivity (Wildman–Crippen MR) is 60.6 cm³/mol. The largest absolute Gasteiger partial charge is 0.324 e. The van der Waals surface area contributed by atoms with Crippen LogP contribution >= 0.6 is 0 Å². The number of nitrogens with zero attached hydrogens (tertiary/aromatic N) is 1.